The molecule has 0 spiro atoms. The molecule has 4 rings (SSSR count). The number of nitrogens with zero attached hydrogens (tertiary/aromatic N) is 2. The van der Waals surface area contributed by atoms with Gasteiger partial charge in [0.1, 0.15) is 0 Å². The second kappa shape index (κ2) is 8.48. The number of hydrogen-bond donors (Lipinski definition) is 1. The average molecular weight is 396 g/mol. The fourth-order valence-corrected chi connectivity index (χ4v) is 3.61. The highest BCUT2D eigenvalue weighted by atomic mass is 35.5. The molecule has 2 heterocycles. The minimum atomic E-state index is -0.0813. The molecular formula is C22H22ClN3O2. The fraction of sp³-hybridized carbons (Fsp3) is 0.273. The lowest BCUT2D eigenvalue weighted by molar-refractivity contribution is -0.116. The minimum absolute atomic E-state index is 0.0813. The summed E-state index contributed by atoms with van der Waals surface area (Å²) in [5.41, 5.74) is 2.76. The standard InChI is InChI=1S/C22H22ClN3O2/c23-17-8-9-19(26-12-4-5-13-26)18(14-17)25-21(27)10-11-22-24-15-20(28-22)16-6-2-1-3-7-16/h1-3,6-9,14-15H,4-5,10-13H2,(H,25,27). The predicted octanol–water partition coefficient (Wildman–Crippen LogP) is 5.17. The molecule has 2 aromatic carbocycles. The molecule has 1 amide bonds. The zero-order valence-electron chi connectivity index (χ0n) is 15.5. The molecule has 1 aliphatic heterocycles. The smallest absolute Gasteiger partial charge is 0.224 e. The van der Waals surface area contributed by atoms with Crippen molar-refractivity contribution in [3.8, 4) is 11.3 Å². The Morgan fingerprint density at radius 1 is 1.14 bits per heavy atom. The summed E-state index contributed by atoms with van der Waals surface area (Å²) >= 11 is 6.15. The molecule has 28 heavy (non-hydrogen) atoms. The van der Waals surface area contributed by atoms with Crippen molar-refractivity contribution in [2.24, 2.45) is 0 Å². The number of anilines is 2. The van der Waals surface area contributed by atoms with E-state index in [1.165, 1.54) is 12.8 Å². The molecule has 1 aliphatic rings. The molecule has 0 atom stereocenters. The van der Waals surface area contributed by atoms with Crippen molar-refractivity contribution in [3.05, 3.63) is 65.6 Å². The third-order valence-electron chi connectivity index (χ3n) is 4.86. The van der Waals surface area contributed by atoms with E-state index >= 15 is 0 Å². The molecule has 3 aromatic rings. The lowest BCUT2D eigenvalue weighted by atomic mass is 10.2. The number of oxazole rings is 1. The highest BCUT2D eigenvalue weighted by Gasteiger charge is 2.17. The Bertz CT molecular complexity index is 949. The number of nitrogens with one attached hydrogen (secondary N) is 1. The van der Waals surface area contributed by atoms with E-state index < -0.39 is 0 Å². The first-order valence-electron chi connectivity index (χ1n) is 9.53. The van der Waals surface area contributed by atoms with Crippen molar-refractivity contribution in [3.63, 3.8) is 0 Å². The first-order chi connectivity index (χ1) is 13.7. The van der Waals surface area contributed by atoms with Crippen LogP contribution in [0, 0.1) is 0 Å². The van der Waals surface area contributed by atoms with Gasteiger partial charge in [0, 0.05) is 36.5 Å². The number of aromatic nitrogens is 1. The third-order valence-corrected chi connectivity index (χ3v) is 5.09. The summed E-state index contributed by atoms with van der Waals surface area (Å²) < 4.78 is 5.77. The maximum Gasteiger partial charge on any atom is 0.224 e. The predicted molar refractivity (Wildman–Crippen MR) is 112 cm³/mol. The summed E-state index contributed by atoms with van der Waals surface area (Å²) in [7, 11) is 0. The van der Waals surface area contributed by atoms with Gasteiger partial charge in [-0.3, -0.25) is 4.79 Å². The van der Waals surface area contributed by atoms with Gasteiger partial charge in [0.15, 0.2) is 11.7 Å². The Balaban J connectivity index is 1.39. The van der Waals surface area contributed by atoms with Crippen LogP contribution in [0.15, 0.2) is 59.1 Å². The Hall–Kier alpha value is -2.79. The van der Waals surface area contributed by atoms with Crippen LogP contribution < -0.4 is 10.2 Å². The van der Waals surface area contributed by atoms with E-state index in [2.05, 4.69) is 15.2 Å². The number of rotatable bonds is 6. The van der Waals surface area contributed by atoms with E-state index in [0.717, 1.165) is 30.0 Å². The van der Waals surface area contributed by atoms with E-state index in [1.807, 2.05) is 48.5 Å². The summed E-state index contributed by atoms with van der Waals surface area (Å²) in [6.45, 7) is 2.01. The van der Waals surface area contributed by atoms with Crippen molar-refractivity contribution in [2.45, 2.75) is 25.7 Å². The highest BCUT2D eigenvalue weighted by molar-refractivity contribution is 6.31. The highest BCUT2D eigenvalue weighted by Crippen LogP contribution is 2.31. The van der Waals surface area contributed by atoms with Crippen LogP contribution in [0.2, 0.25) is 5.02 Å². The summed E-state index contributed by atoms with van der Waals surface area (Å²) in [5.74, 6) is 1.18. The molecule has 0 radical (unpaired) electrons. The van der Waals surface area contributed by atoms with Gasteiger partial charge in [-0.05, 0) is 31.0 Å². The zero-order valence-corrected chi connectivity index (χ0v) is 16.3. The summed E-state index contributed by atoms with van der Waals surface area (Å²) in [6, 6.07) is 15.4. The normalized spacial score (nSPS) is 13.7. The molecular weight excluding hydrogens is 374 g/mol. The van der Waals surface area contributed by atoms with E-state index in [-0.39, 0.29) is 5.91 Å². The number of benzene rings is 2. The molecule has 144 valence electrons. The van der Waals surface area contributed by atoms with Gasteiger partial charge in [-0.2, -0.15) is 0 Å². The van der Waals surface area contributed by atoms with E-state index in [9.17, 15) is 4.79 Å². The topological polar surface area (TPSA) is 58.4 Å². The van der Waals surface area contributed by atoms with Gasteiger partial charge in [-0.25, -0.2) is 4.98 Å². The Labute approximate surface area is 169 Å². The van der Waals surface area contributed by atoms with Crippen LogP contribution in [-0.2, 0) is 11.2 Å². The van der Waals surface area contributed by atoms with Gasteiger partial charge in [-0.15, -0.1) is 0 Å². The van der Waals surface area contributed by atoms with Crippen molar-refractivity contribution in [2.75, 3.05) is 23.3 Å². The van der Waals surface area contributed by atoms with Crippen LogP contribution in [-0.4, -0.2) is 24.0 Å². The number of halogens is 1. The second-order valence-corrected chi connectivity index (χ2v) is 7.32. The molecule has 6 heteroatoms. The molecule has 5 nitrogen and oxygen atoms in total. The van der Waals surface area contributed by atoms with Gasteiger partial charge in [-0.1, -0.05) is 41.9 Å². The molecule has 1 fully saturated rings. The first-order valence-corrected chi connectivity index (χ1v) is 9.91. The summed E-state index contributed by atoms with van der Waals surface area (Å²) in [4.78, 5) is 19.1. The Morgan fingerprint density at radius 3 is 2.71 bits per heavy atom. The van der Waals surface area contributed by atoms with E-state index in [0.29, 0.717) is 29.5 Å². The average Bonchev–Trinajstić information content (AvgIpc) is 3.39. The maximum absolute atomic E-state index is 12.5. The van der Waals surface area contributed by atoms with E-state index in [1.54, 1.807) is 6.20 Å². The van der Waals surface area contributed by atoms with Crippen molar-refractivity contribution in [1.29, 1.82) is 0 Å². The van der Waals surface area contributed by atoms with Crippen LogP contribution in [0.5, 0.6) is 0 Å². The number of aryl methyl sites for hydroxylation is 1. The van der Waals surface area contributed by atoms with Gasteiger partial charge < -0.3 is 14.6 Å². The van der Waals surface area contributed by atoms with Crippen LogP contribution in [0.25, 0.3) is 11.3 Å². The largest absolute Gasteiger partial charge is 0.441 e. The molecule has 0 aliphatic carbocycles. The number of carbonyl (C=O) groups is 1. The van der Waals surface area contributed by atoms with Gasteiger partial charge in [0.2, 0.25) is 5.91 Å². The van der Waals surface area contributed by atoms with Gasteiger partial charge >= 0.3 is 0 Å². The van der Waals surface area contributed by atoms with Crippen LogP contribution in [0.3, 0.4) is 0 Å². The molecule has 1 N–H and O–H groups in total. The molecule has 0 unspecified atom stereocenters. The van der Waals surface area contributed by atoms with Gasteiger partial charge in [0.05, 0.1) is 17.6 Å². The Morgan fingerprint density at radius 2 is 1.93 bits per heavy atom. The molecule has 0 saturated carbocycles. The second-order valence-electron chi connectivity index (χ2n) is 6.89. The lowest BCUT2D eigenvalue weighted by Gasteiger charge is -2.21. The van der Waals surface area contributed by atoms with Crippen molar-refractivity contribution >= 4 is 28.9 Å². The van der Waals surface area contributed by atoms with Crippen molar-refractivity contribution < 1.29 is 9.21 Å². The molecule has 1 aromatic heterocycles. The minimum Gasteiger partial charge on any atom is -0.441 e. The summed E-state index contributed by atoms with van der Waals surface area (Å²) in [6.07, 6.45) is 4.78. The van der Waals surface area contributed by atoms with Crippen LogP contribution in [0.1, 0.15) is 25.2 Å². The lowest BCUT2D eigenvalue weighted by Crippen LogP contribution is -2.21. The summed E-state index contributed by atoms with van der Waals surface area (Å²) in [5, 5.41) is 3.61. The van der Waals surface area contributed by atoms with Gasteiger partial charge in [0.25, 0.3) is 0 Å². The van der Waals surface area contributed by atoms with Crippen LogP contribution in [0.4, 0.5) is 11.4 Å². The number of carbonyl (C=O) groups excluding carboxylic acids is 1. The Kier molecular flexibility index (Phi) is 5.63. The van der Waals surface area contributed by atoms with Crippen molar-refractivity contribution in [1.82, 2.24) is 4.98 Å². The molecule has 1 saturated heterocycles. The number of hydrogen-bond acceptors (Lipinski definition) is 4. The fourth-order valence-electron chi connectivity index (χ4n) is 3.44. The van der Waals surface area contributed by atoms with Crippen LogP contribution >= 0.6 is 11.6 Å². The maximum atomic E-state index is 12.5. The molecule has 0 bridgehead atoms. The third kappa shape index (κ3) is 4.37. The SMILES string of the molecule is O=C(CCc1ncc(-c2ccccc2)o1)Nc1cc(Cl)ccc1N1CCCC1. The van der Waals surface area contributed by atoms with E-state index in [4.69, 9.17) is 16.0 Å². The monoisotopic (exact) mass is 395 g/mol. The zero-order chi connectivity index (χ0) is 19.3. The first kappa shape index (κ1) is 18.6. The quantitative estimate of drug-likeness (QED) is 0.625. The number of amides is 1.